The summed E-state index contributed by atoms with van der Waals surface area (Å²) in [5, 5.41) is 0. The van der Waals surface area contributed by atoms with Crippen LogP contribution in [0.1, 0.15) is 161 Å². The van der Waals surface area contributed by atoms with E-state index in [9.17, 15) is 9.59 Å². The van der Waals surface area contributed by atoms with Gasteiger partial charge in [0.25, 0.3) is 0 Å². The van der Waals surface area contributed by atoms with Gasteiger partial charge < -0.3 is 4.79 Å². The summed E-state index contributed by atoms with van der Waals surface area (Å²) in [6.07, 6.45) is 30.7. The van der Waals surface area contributed by atoms with Crippen LogP contribution in [-0.4, -0.2) is 12.1 Å². The Morgan fingerprint density at radius 3 is 1.14 bits per heavy atom. The molecule has 0 unspecified atom stereocenters. The Morgan fingerprint density at radius 1 is 0.483 bits per heavy atom. The van der Waals surface area contributed by atoms with Gasteiger partial charge in [-0.2, -0.15) is 0 Å². The lowest BCUT2D eigenvalue weighted by atomic mass is 10.0. The van der Waals surface area contributed by atoms with E-state index >= 15 is 0 Å². The molecule has 0 aliphatic carbocycles. The lowest BCUT2D eigenvalue weighted by molar-refractivity contribution is -0.119. The number of hydrogen-bond donors (Lipinski definition) is 0. The van der Waals surface area contributed by atoms with E-state index in [4.69, 9.17) is 0 Å². The number of Topliss-reactive ketones (excluding diaryl/α,β-unsaturated/α-hetero) is 1. The fourth-order valence-electron chi connectivity index (χ4n) is 4.08. The molecule has 0 aromatic carbocycles. The quantitative estimate of drug-likeness (QED) is 0.111. The summed E-state index contributed by atoms with van der Waals surface area (Å²) < 4.78 is 0. The largest absolute Gasteiger partial charge is 0.303 e. The Labute approximate surface area is 183 Å². The van der Waals surface area contributed by atoms with Crippen LogP contribution >= 0.6 is 0 Å². The van der Waals surface area contributed by atoms with Crippen LogP contribution in [0.5, 0.6) is 0 Å². The van der Waals surface area contributed by atoms with Gasteiger partial charge in [0.1, 0.15) is 12.1 Å². The summed E-state index contributed by atoms with van der Waals surface area (Å²) in [5.41, 5.74) is 0. The first-order valence-corrected chi connectivity index (χ1v) is 13.3. The lowest BCUT2D eigenvalue weighted by Gasteiger charge is -2.04. The predicted molar refractivity (Wildman–Crippen MR) is 128 cm³/mol. The number of ketones is 1. The summed E-state index contributed by atoms with van der Waals surface area (Å²) >= 11 is 0. The number of hydrogen-bond acceptors (Lipinski definition) is 2. The van der Waals surface area contributed by atoms with Gasteiger partial charge in [-0.15, -0.1) is 0 Å². The average molecular weight is 409 g/mol. The fourth-order valence-corrected chi connectivity index (χ4v) is 4.08. The molecule has 0 saturated carbocycles. The third kappa shape index (κ3) is 25.3. The standard InChI is InChI=1S/C27H52O2/c1-2-3-4-5-6-7-9-12-15-18-21-24-27(29)25-22-19-16-13-10-8-11-14-17-20-23-26-28/h26H,2-25H2,1H3. The van der Waals surface area contributed by atoms with Gasteiger partial charge in [-0.25, -0.2) is 0 Å². The van der Waals surface area contributed by atoms with Crippen molar-refractivity contribution in [2.75, 3.05) is 0 Å². The molecular formula is C27H52O2. The van der Waals surface area contributed by atoms with E-state index in [0.717, 1.165) is 44.8 Å². The van der Waals surface area contributed by atoms with Crippen molar-refractivity contribution < 1.29 is 9.59 Å². The zero-order valence-electron chi connectivity index (χ0n) is 19.9. The first kappa shape index (κ1) is 28.3. The van der Waals surface area contributed by atoms with Gasteiger partial charge in [-0.05, 0) is 19.3 Å². The van der Waals surface area contributed by atoms with Crippen LogP contribution in [0.2, 0.25) is 0 Å². The number of carbonyl (C=O) groups is 2. The molecule has 0 heterocycles. The van der Waals surface area contributed by atoms with Crippen LogP contribution in [0.4, 0.5) is 0 Å². The Balaban J connectivity index is 3.14. The summed E-state index contributed by atoms with van der Waals surface area (Å²) in [7, 11) is 0. The number of unbranched alkanes of at least 4 members (excludes halogenated alkanes) is 20. The van der Waals surface area contributed by atoms with Crippen molar-refractivity contribution in [2.24, 2.45) is 0 Å². The maximum Gasteiger partial charge on any atom is 0.132 e. The van der Waals surface area contributed by atoms with E-state index < -0.39 is 0 Å². The first-order chi connectivity index (χ1) is 14.3. The third-order valence-electron chi connectivity index (χ3n) is 6.09. The van der Waals surface area contributed by atoms with Gasteiger partial charge in [0.2, 0.25) is 0 Å². The van der Waals surface area contributed by atoms with Gasteiger partial charge in [-0.1, -0.05) is 122 Å². The first-order valence-electron chi connectivity index (χ1n) is 13.3. The van der Waals surface area contributed by atoms with Crippen molar-refractivity contribution in [3.05, 3.63) is 0 Å². The SMILES string of the molecule is CCCCCCCCCCCCCC(=O)CCCCCCCCCCCCC=O. The van der Waals surface area contributed by atoms with E-state index in [1.807, 2.05) is 0 Å². The zero-order valence-corrected chi connectivity index (χ0v) is 19.9. The summed E-state index contributed by atoms with van der Waals surface area (Å²) in [4.78, 5) is 22.2. The van der Waals surface area contributed by atoms with Gasteiger partial charge >= 0.3 is 0 Å². The molecule has 0 N–H and O–H groups in total. The maximum atomic E-state index is 12.0. The number of carbonyl (C=O) groups excluding carboxylic acids is 2. The van der Waals surface area contributed by atoms with Crippen LogP contribution in [0.3, 0.4) is 0 Å². The zero-order chi connectivity index (χ0) is 21.3. The smallest absolute Gasteiger partial charge is 0.132 e. The molecule has 0 aliphatic heterocycles. The van der Waals surface area contributed by atoms with Crippen LogP contribution in [0, 0.1) is 0 Å². The van der Waals surface area contributed by atoms with Crippen molar-refractivity contribution >= 4 is 12.1 Å². The second-order valence-corrected chi connectivity index (χ2v) is 9.07. The minimum atomic E-state index is 0.497. The summed E-state index contributed by atoms with van der Waals surface area (Å²) in [6.45, 7) is 2.27. The van der Waals surface area contributed by atoms with Crippen molar-refractivity contribution in [1.82, 2.24) is 0 Å². The molecule has 2 heteroatoms. The normalized spacial score (nSPS) is 11.1. The molecule has 0 amide bonds. The van der Waals surface area contributed by atoms with E-state index in [0.29, 0.717) is 5.78 Å². The molecule has 0 bridgehead atoms. The third-order valence-corrected chi connectivity index (χ3v) is 6.09. The van der Waals surface area contributed by atoms with Gasteiger partial charge in [0.15, 0.2) is 0 Å². The molecule has 0 aromatic heterocycles. The summed E-state index contributed by atoms with van der Waals surface area (Å²) in [5.74, 6) is 0.497. The molecule has 29 heavy (non-hydrogen) atoms. The minimum absolute atomic E-state index is 0.497. The van der Waals surface area contributed by atoms with Crippen molar-refractivity contribution in [1.29, 1.82) is 0 Å². The van der Waals surface area contributed by atoms with Gasteiger partial charge in [0, 0.05) is 19.3 Å². The molecule has 0 rings (SSSR count). The Hall–Kier alpha value is -0.660. The number of aldehydes is 1. The molecule has 0 saturated heterocycles. The fraction of sp³-hybridized carbons (Fsp3) is 0.926. The van der Waals surface area contributed by atoms with Crippen LogP contribution < -0.4 is 0 Å². The van der Waals surface area contributed by atoms with Gasteiger partial charge in [0.05, 0.1) is 0 Å². The Bertz CT molecular complexity index is 337. The Morgan fingerprint density at radius 2 is 0.793 bits per heavy atom. The molecule has 0 spiro atoms. The second kappa shape index (κ2) is 25.4. The molecule has 0 aromatic rings. The maximum absolute atomic E-state index is 12.0. The molecule has 172 valence electrons. The second-order valence-electron chi connectivity index (χ2n) is 9.07. The molecule has 0 atom stereocenters. The Kier molecular flexibility index (Phi) is 24.8. The highest BCUT2D eigenvalue weighted by Crippen LogP contribution is 2.14. The highest BCUT2D eigenvalue weighted by atomic mass is 16.1. The van der Waals surface area contributed by atoms with Crippen LogP contribution in [0.15, 0.2) is 0 Å². The molecule has 0 fully saturated rings. The molecule has 0 aliphatic rings. The van der Waals surface area contributed by atoms with Crippen LogP contribution in [-0.2, 0) is 9.59 Å². The van der Waals surface area contributed by atoms with E-state index in [1.165, 1.54) is 116 Å². The number of rotatable bonds is 25. The monoisotopic (exact) mass is 408 g/mol. The highest BCUT2D eigenvalue weighted by Gasteiger charge is 2.02. The predicted octanol–water partition coefficient (Wildman–Crippen LogP) is 9.14. The molecular weight excluding hydrogens is 356 g/mol. The molecule has 0 radical (unpaired) electrons. The van der Waals surface area contributed by atoms with Crippen molar-refractivity contribution in [3.8, 4) is 0 Å². The van der Waals surface area contributed by atoms with Gasteiger partial charge in [-0.3, -0.25) is 4.79 Å². The molecule has 2 nitrogen and oxygen atoms in total. The van der Waals surface area contributed by atoms with Crippen molar-refractivity contribution in [3.63, 3.8) is 0 Å². The summed E-state index contributed by atoms with van der Waals surface area (Å²) in [6, 6.07) is 0. The van der Waals surface area contributed by atoms with E-state index in [1.54, 1.807) is 0 Å². The van der Waals surface area contributed by atoms with Crippen LogP contribution in [0.25, 0.3) is 0 Å². The highest BCUT2D eigenvalue weighted by molar-refractivity contribution is 5.78. The average Bonchev–Trinajstić information content (AvgIpc) is 2.72. The van der Waals surface area contributed by atoms with E-state index in [2.05, 4.69) is 6.92 Å². The lowest BCUT2D eigenvalue weighted by Crippen LogP contribution is -1.97. The topological polar surface area (TPSA) is 34.1 Å². The van der Waals surface area contributed by atoms with Crippen molar-refractivity contribution in [2.45, 2.75) is 161 Å². The minimum Gasteiger partial charge on any atom is -0.303 e. The van der Waals surface area contributed by atoms with E-state index in [-0.39, 0.29) is 0 Å².